The van der Waals surface area contributed by atoms with Crippen molar-refractivity contribution in [2.24, 2.45) is 0 Å². The van der Waals surface area contributed by atoms with Gasteiger partial charge in [0.2, 0.25) is 0 Å². The van der Waals surface area contributed by atoms with Crippen LogP contribution in [0.4, 0.5) is 0 Å². The van der Waals surface area contributed by atoms with E-state index < -0.39 is 67.8 Å². The highest BCUT2D eigenvalue weighted by Crippen LogP contribution is 2.46. The first-order valence-corrected chi connectivity index (χ1v) is 12.7. The Hall–Kier alpha value is -2.80. The maximum absolute atomic E-state index is 13.6. The number of rotatable bonds is 10. The van der Waals surface area contributed by atoms with E-state index in [4.69, 9.17) is 18.5 Å². The Morgan fingerprint density at radius 3 is 2.53 bits per heavy atom. The fourth-order valence-corrected chi connectivity index (χ4v) is 5.00. The summed E-state index contributed by atoms with van der Waals surface area (Å²) < 4.78 is 36.3. The number of nitrogens with one attached hydrogen (secondary N) is 2. The van der Waals surface area contributed by atoms with Crippen LogP contribution in [0.5, 0.6) is 5.75 Å². The molecule has 36 heavy (non-hydrogen) atoms. The van der Waals surface area contributed by atoms with Crippen LogP contribution < -0.4 is 20.9 Å². The number of benzene rings is 1. The molecule has 4 N–H and O–H groups in total. The van der Waals surface area contributed by atoms with E-state index in [0.29, 0.717) is 0 Å². The summed E-state index contributed by atoms with van der Waals surface area (Å²) in [5, 5.41) is 24.0. The van der Waals surface area contributed by atoms with Crippen molar-refractivity contribution >= 4 is 13.7 Å². The van der Waals surface area contributed by atoms with Crippen molar-refractivity contribution in [2.45, 2.75) is 63.9 Å². The Morgan fingerprint density at radius 2 is 1.92 bits per heavy atom. The van der Waals surface area contributed by atoms with Gasteiger partial charge in [-0.05, 0) is 39.8 Å². The van der Waals surface area contributed by atoms with Crippen molar-refractivity contribution in [1.82, 2.24) is 14.6 Å². The van der Waals surface area contributed by atoms with Crippen LogP contribution in [0.15, 0.2) is 52.2 Å². The summed E-state index contributed by atoms with van der Waals surface area (Å²) >= 11 is 0. The first-order chi connectivity index (χ1) is 16.8. The van der Waals surface area contributed by atoms with Gasteiger partial charge in [-0.25, -0.2) is 9.36 Å². The number of aromatic amines is 1. The molecule has 2 heterocycles. The lowest BCUT2D eigenvalue weighted by Crippen LogP contribution is -2.47. The minimum Gasteiger partial charge on any atom is -0.462 e. The van der Waals surface area contributed by atoms with Gasteiger partial charge >= 0.3 is 19.4 Å². The maximum atomic E-state index is 13.6. The van der Waals surface area contributed by atoms with E-state index in [9.17, 15) is 29.2 Å². The third-order valence-electron chi connectivity index (χ3n) is 5.29. The monoisotopic (exact) mass is 527 g/mol. The zero-order chi connectivity index (χ0) is 26.7. The van der Waals surface area contributed by atoms with E-state index in [2.05, 4.69) is 5.09 Å². The molecule has 13 nitrogen and oxygen atoms in total. The SMILES string of the molecule is CC(C)OC(=O)[C@H](C)NP(=O)(OC[C@H]1O[C@@H](n2ccc(=O)[nH]c2=O)[C@@](C)(O)[C@@H]1O)Oc1ccccc1. The number of hydrogen-bond donors (Lipinski definition) is 4. The van der Waals surface area contributed by atoms with Crippen molar-refractivity contribution < 1.29 is 38.1 Å². The van der Waals surface area contributed by atoms with E-state index in [0.717, 1.165) is 16.8 Å². The van der Waals surface area contributed by atoms with Gasteiger partial charge in [0.15, 0.2) is 6.23 Å². The van der Waals surface area contributed by atoms with Crippen LogP contribution in [-0.2, 0) is 23.4 Å². The molecule has 0 aliphatic carbocycles. The van der Waals surface area contributed by atoms with E-state index >= 15 is 0 Å². The number of para-hydroxylation sites is 1. The lowest BCUT2D eigenvalue weighted by atomic mass is 9.96. The van der Waals surface area contributed by atoms with Gasteiger partial charge in [0.1, 0.15) is 29.6 Å². The number of esters is 1. The molecule has 0 saturated carbocycles. The van der Waals surface area contributed by atoms with Gasteiger partial charge in [-0.2, -0.15) is 5.09 Å². The van der Waals surface area contributed by atoms with Gasteiger partial charge in [0.05, 0.1) is 12.7 Å². The average Bonchev–Trinajstić information content (AvgIpc) is 3.01. The number of carbonyl (C=O) groups is 1. The fraction of sp³-hybridized carbons (Fsp3) is 0.500. The van der Waals surface area contributed by atoms with Gasteiger partial charge in [0, 0.05) is 12.3 Å². The molecule has 1 aromatic carbocycles. The van der Waals surface area contributed by atoms with Crippen LogP contribution in [-0.4, -0.2) is 62.3 Å². The Labute approximate surface area is 206 Å². The third kappa shape index (κ3) is 6.49. The summed E-state index contributed by atoms with van der Waals surface area (Å²) in [6.45, 7) is 5.42. The van der Waals surface area contributed by atoms with Crippen molar-refractivity contribution in [3.8, 4) is 5.75 Å². The molecule has 0 bridgehead atoms. The van der Waals surface area contributed by atoms with Crippen molar-refractivity contribution in [1.29, 1.82) is 0 Å². The van der Waals surface area contributed by atoms with Gasteiger partial charge in [-0.15, -0.1) is 0 Å². The summed E-state index contributed by atoms with van der Waals surface area (Å²) in [6.07, 6.45) is -3.54. The lowest BCUT2D eigenvalue weighted by Gasteiger charge is -2.27. The second-order valence-electron chi connectivity index (χ2n) is 8.75. The zero-order valence-electron chi connectivity index (χ0n) is 20.2. The second kappa shape index (κ2) is 11.1. The number of aromatic nitrogens is 2. The third-order valence-corrected chi connectivity index (χ3v) is 6.94. The summed E-state index contributed by atoms with van der Waals surface area (Å²) in [6, 6.07) is 8.02. The summed E-state index contributed by atoms with van der Waals surface area (Å²) in [7, 11) is -4.26. The summed E-state index contributed by atoms with van der Waals surface area (Å²) in [5.74, 6) is -0.515. The van der Waals surface area contributed by atoms with Crippen LogP contribution in [0.3, 0.4) is 0 Å². The normalized spacial score (nSPS) is 26.4. The molecule has 1 aliphatic heterocycles. The molecule has 1 aromatic heterocycles. The minimum absolute atomic E-state index is 0.176. The number of hydrogen-bond acceptors (Lipinski definition) is 10. The molecule has 3 rings (SSSR count). The quantitative estimate of drug-likeness (QED) is 0.252. The number of ether oxygens (including phenoxy) is 2. The Bertz CT molecular complexity index is 1210. The van der Waals surface area contributed by atoms with E-state index in [1.54, 1.807) is 32.0 Å². The zero-order valence-corrected chi connectivity index (χ0v) is 21.1. The molecule has 1 fully saturated rings. The molecular formula is C22H30N3O10P. The van der Waals surface area contributed by atoms with Crippen LogP contribution in [0, 0.1) is 0 Å². The average molecular weight is 527 g/mol. The van der Waals surface area contributed by atoms with Crippen molar-refractivity contribution in [3.63, 3.8) is 0 Å². The number of aliphatic hydroxyl groups excluding tert-OH is 1. The fourth-order valence-electron chi connectivity index (χ4n) is 3.50. The Kier molecular flexibility index (Phi) is 8.55. The molecular weight excluding hydrogens is 497 g/mol. The van der Waals surface area contributed by atoms with Crippen LogP contribution in [0.25, 0.3) is 0 Å². The molecule has 1 saturated heterocycles. The minimum atomic E-state index is -4.26. The molecule has 14 heteroatoms. The van der Waals surface area contributed by atoms with Crippen molar-refractivity contribution in [2.75, 3.05) is 6.61 Å². The number of nitrogens with zero attached hydrogens (tertiary/aromatic N) is 1. The second-order valence-corrected chi connectivity index (χ2v) is 10.4. The van der Waals surface area contributed by atoms with Gasteiger partial charge in [-0.3, -0.25) is 23.7 Å². The highest BCUT2D eigenvalue weighted by molar-refractivity contribution is 7.52. The smallest absolute Gasteiger partial charge is 0.459 e. The van der Waals surface area contributed by atoms with Gasteiger partial charge in [-0.1, -0.05) is 18.2 Å². The number of H-pyrrole nitrogens is 1. The van der Waals surface area contributed by atoms with Crippen LogP contribution in [0.2, 0.25) is 0 Å². The summed E-state index contributed by atoms with van der Waals surface area (Å²) in [5.41, 5.74) is -3.49. The van der Waals surface area contributed by atoms with E-state index in [1.165, 1.54) is 26.0 Å². The maximum Gasteiger partial charge on any atom is 0.459 e. The van der Waals surface area contributed by atoms with Gasteiger partial charge in [0.25, 0.3) is 5.56 Å². The Balaban J connectivity index is 1.80. The molecule has 0 radical (unpaired) electrons. The molecule has 0 spiro atoms. The standard InChI is InChI=1S/C22H30N3O10P/c1-13(2)33-19(28)14(3)24-36(31,35-15-8-6-5-7-9-15)32-12-16-18(27)22(4,30)20(34-16)25-11-10-17(26)23-21(25)29/h5-11,13-14,16,18,20,27,30H,12H2,1-4H3,(H,24,31)(H,23,26,29)/t14-,16+,18+,20+,22-,36?/m0/s1. The highest BCUT2D eigenvalue weighted by atomic mass is 31.2. The van der Waals surface area contributed by atoms with Gasteiger partial charge < -0.3 is 24.2 Å². The topological polar surface area (TPSA) is 178 Å². The largest absolute Gasteiger partial charge is 0.462 e. The molecule has 1 unspecified atom stereocenters. The summed E-state index contributed by atoms with van der Waals surface area (Å²) in [4.78, 5) is 37.9. The molecule has 2 aromatic rings. The number of aliphatic hydroxyl groups is 2. The van der Waals surface area contributed by atoms with Crippen LogP contribution in [0.1, 0.15) is 33.9 Å². The molecule has 1 aliphatic rings. The molecule has 0 amide bonds. The van der Waals surface area contributed by atoms with Crippen molar-refractivity contribution in [3.05, 3.63) is 63.4 Å². The predicted octanol–water partition coefficient (Wildman–Crippen LogP) is 0.679. The predicted molar refractivity (Wildman–Crippen MR) is 126 cm³/mol. The lowest BCUT2D eigenvalue weighted by molar-refractivity contribution is -0.149. The number of carbonyl (C=O) groups excluding carboxylic acids is 1. The van der Waals surface area contributed by atoms with Crippen LogP contribution >= 0.6 is 7.75 Å². The van der Waals surface area contributed by atoms with E-state index in [1.807, 2.05) is 4.98 Å². The Morgan fingerprint density at radius 1 is 1.25 bits per heavy atom. The molecule has 198 valence electrons. The van der Waals surface area contributed by atoms with E-state index in [-0.39, 0.29) is 5.75 Å². The highest BCUT2D eigenvalue weighted by Gasteiger charge is 2.54. The first kappa shape index (κ1) is 27.8. The molecule has 6 atom stereocenters. The first-order valence-electron chi connectivity index (χ1n) is 11.2.